The number of nitrogens with zero attached hydrogens (tertiary/aromatic N) is 1. The Balaban J connectivity index is 1.97. The zero-order chi connectivity index (χ0) is 22.8. The van der Waals surface area contributed by atoms with Gasteiger partial charge in [0.2, 0.25) is 0 Å². The van der Waals surface area contributed by atoms with Crippen LogP contribution in [0.1, 0.15) is 49.3 Å². The number of methoxy groups -OCH3 is 2. The molecule has 1 amide bonds. The van der Waals surface area contributed by atoms with Crippen LogP contribution >= 0.6 is 0 Å². The average Bonchev–Trinajstić information content (AvgIpc) is 3.09. The molecule has 1 saturated carbocycles. The smallest absolute Gasteiger partial charge is 0.295 e. The second kappa shape index (κ2) is 9.02. The van der Waals surface area contributed by atoms with Crippen molar-refractivity contribution in [3.05, 3.63) is 65.0 Å². The SMILES string of the molecule is COc1cccc(OC)c1/C(O)=C1\C(=O)C(=O)N(C2CCCCC2)C1c1ccccc1F. The van der Waals surface area contributed by atoms with E-state index in [1.54, 1.807) is 36.4 Å². The summed E-state index contributed by atoms with van der Waals surface area (Å²) >= 11 is 0. The topological polar surface area (TPSA) is 76.1 Å². The van der Waals surface area contributed by atoms with Crippen LogP contribution < -0.4 is 9.47 Å². The minimum absolute atomic E-state index is 0.153. The van der Waals surface area contributed by atoms with Crippen LogP contribution in [-0.4, -0.2) is 42.0 Å². The van der Waals surface area contributed by atoms with Crippen molar-refractivity contribution in [3.8, 4) is 11.5 Å². The number of aliphatic hydroxyl groups is 1. The van der Waals surface area contributed by atoms with Crippen molar-refractivity contribution in [2.75, 3.05) is 14.2 Å². The number of aliphatic hydroxyl groups excluding tert-OH is 1. The number of halogens is 1. The minimum atomic E-state index is -1.03. The predicted molar refractivity (Wildman–Crippen MR) is 117 cm³/mol. The van der Waals surface area contributed by atoms with Crippen LogP contribution in [0.3, 0.4) is 0 Å². The minimum Gasteiger partial charge on any atom is -0.506 e. The van der Waals surface area contributed by atoms with Crippen LogP contribution in [0.15, 0.2) is 48.0 Å². The predicted octanol–water partition coefficient (Wildman–Crippen LogP) is 4.60. The van der Waals surface area contributed by atoms with Crippen LogP contribution in [0.2, 0.25) is 0 Å². The normalized spacial score (nSPS) is 21.1. The van der Waals surface area contributed by atoms with Gasteiger partial charge >= 0.3 is 0 Å². The fraction of sp³-hybridized carbons (Fsp3) is 0.360. The Morgan fingerprint density at radius 3 is 2.19 bits per heavy atom. The molecule has 1 atom stereocenters. The van der Waals surface area contributed by atoms with Crippen LogP contribution in [0.5, 0.6) is 11.5 Å². The van der Waals surface area contributed by atoms with Gasteiger partial charge in [-0.05, 0) is 31.0 Å². The van der Waals surface area contributed by atoms with E-state index in [1.165, 1.54) is 25.2 Å². The average molecular weight is 439 g/mol. The number of hydrogen-bond acceptors (Lipinski definition) is 5. The number of ketones is 1. The van der Waals surface area contributed by atoms with Crippen LogP contribution in [-0.2, 0) is 9.59 Å². The van der Waals surface area contributed by atoms with E-state index in [0.717, 1.165) is 32.1 Å². The maximum Gasteiger partial charge on any atom is 0.295 e. The quantitative estimate of drug-likeness (QED) is 0.419. The summed E-state index contributed by atoms with van der Waals surface area (Å²) in [4.78, 5) is 27.9. The molecule has 4 rings (SSSR count). The van der Waals surface area contributed by atoms with Gasteiger partial charge < -0.3 is 19.5 Å². The fourth-order valence-corrected chi connectivity index (χ4v) is 4.81. The van der Waals surface area contributed by atoms with Crippen molar-refractivity contribution in [2.24, 2.45) is 0 Å². The summed E-state index contributed by atoms with van der Waals surface area (Å²) in [6.45, 7) is 0. The Labute approximate surface area is 186 Å². The van der Waals surface area contributed by atoms with Gasteiger partial charge in [-0.15, -0.1) is 0 Å². The molecule has 7 heteroatoms. The number of amides is 1. The molecule has 2 aromatic carbocycles. The van der Waals surface area contributed by atoms with Gasteiger partial charge in [-0.2, -0.15) is 0 Å². The third-order valence-corrected chi connectivity index (χ3v) is 6.31. The lowest BCUT2D eigenvalue weighted by atomic mass is 9.90. The van der Waals surface area contributed by atoms with Gasteiger partial charge in [-0.3, -0.25) is 9.59 Å². The second-order valence-corrected chi connectivity index (χ2v) is 8.06. The van der Waals surface area contributed by atoms with E-state index in [4.69, 9.17) is 9.47 Å². The summed E-state index contributed by atoms with van der Waals surface area (Å²) < 4.78 is 25.7. The monoisotopic (exact) mass is 439 g/mol. The fourth-order valence-electron chi connectivity index (χ4n) is 4.81. The highest BCUT2D eigenvalue weighted by atomic mass is 19.1. The number of carbonyl (C=O) groups is 2. The Morgan fingerprint density at radius 1 is 0.969 bits per heavy atom. The third-order valence-electron chi connectivity index (χ3n) is 6.31. The highest BCUT2D eigenvalue weighted by Gasteiger charge is 2.50. The molecular formula is C25H26FNO5. The second-order valence-electron chi connectivity index (χ2n) is 8.06. The lowest BCUT2D eigenvalue weighted by Gasteiger charge is -2.35. The van der Waals surface area contributed by atoms with Crippen molar-refractivity contribution in [2.45, 2.75) is 44.2 Å². The Bertz CT molecular complexity index is 1050. The van der Waals surface area contributed by atoms with E-state index in [1.807, 2.05) is 0 Å². The van der Waals surface area contributed by atoms with Crippen LogP contribution in [0, 0.1) is 5.82 Å². The van der Waals surface area contributed by atoms with E-state index < -0.39 is 29.3 Å². The van der Waals surface area contributed by atoms with Crippen molar-refractivity contribution in [1.29, 1.82) is 0 Å². The highest BCUT2D eigenvalue weighted by Crippen LogP contribution is 2.46. The maximum absolute atomic E-state index is 15.0. The van der Waals surface area contributed by atoms with Gasteiger partial charge in [0.05, 0.1) is 25.8 Å². The summed E-state index contributed by atoms with van der Waals surface area (Å²) in [7, 11) is 2.86. The number of hydrogen-bond donors (Lipinski definition) is 1. The van der Waals surface area contributed by atoms with Gasteiger partial charge in [0.25, 0.3) is 11.7 Å². The number of carbonyl (C=O) groups excluding carboxylic acids is 2. The molecule has 1 N–H and O–H groups in total. The molecule has 0 radical (unpaired) electrons. The Kier molecular flexibility index (Phi) is 6.17. The molecule has 1 saturated heterocycles. The number of likely N-dealkylation sites (tertiary alicyclic amines) is 1. The molecule has 1 heterocycles. The molecule has 0 spiro atoms. The first-order valence-electron chi connectivity index (χ1n) is 10.8. The molecule has 0 aromatic heterocycles. The summed E-state index contributed by atoms with van der Waals surface area (Å²) in [5.41, 5.74) is 0.168. The molecule has 32 heavy (non-hydrogen) atoms. The largest absolute Gasteiger partial charge is 0.506 e. The van der Waals surface area contributed by atoms with Gasteiger partial charge in [0.1, 0.15) is 28.6 Å². The lowest BCUT2D eigenvalue weighted by Crippen LogP contribution is -2.40. The number of benzene rings is 2. The molecule has 2 fully saturated rings. The summed E-state index contributed by atoms with van der Waals surface area (Å²) in [6.07, 6.45) is 4.38. The van der Waals surface area contributed by atoms with Gasteiger partial charge in [0.15, 0.2) is 0 Å². The molecule has 2 aromatic rings. The molecule has 168 valence electrons. The van der Waals surface area contributed by atoms with Gasteiger partial charge in [-0.1, -0.05) is 43.5 Å². The Hall–Kier alpha value is -3.35. The third kappa shape index (κ3) is 3.61. The first-order chi connectivity index (χ1) is 15.5. The van der Waals surface area contributed by atoms with Crippen LogP contribution in [0.4, 0.5) is 4.39 Å². The maximum atomic E-state index is 15.0. The van der Waals surface area contributed by atoms with Crippen molar-refractivity contribution >= 4 is 17.4 Å². The van der Waals surface area contributed by atoms with Crippen molar-refractivity contribution in [1.82, 2.24) is 4.90 Å². The van der Waals surface area contributed by atoms with E-state index >= 15 is 0 Å². The van der Waals surface area contributed by atoms with Crippen molar-refractivity contribution < 1.29 is 28.6 Å². The zero-order valence-corrected chi connectivity index (χ0v) is 18.1. The number of rotatable bonds is 5. The molecular weight excluding hydrogens is 413 g/mol. The summed E-state index contributed by atoms with van der Waals surface area (Å²) in [5.74, 6) is -1.99. The summed E-state index contributed by atoms with van der Waals surface area (Å²) in [5, 5.41) is 11.4. The first kappa shape index (κ1) is 21.9. The van der Waals surface area contributed by atoms with E-state index in [0.29, 0.717) is 0 Å². The molecule has 1 aliphatic heterocycles. The van der Waals surface area contributed by atoms with Gasteiger partial charge in [0, 0.05) is 11.6 Å². The zero-order valence-electron chi connectivity index (χ0n) is 18.1. The molecule has 1 aliphatic carbocycles. The first-order valence-corrected chi connectivity index (χ1v) is 10.8. The molecule has 6 nitrogen and oxygen atoms in total. The highest BCUT2D eigenvalue weighted by molar-refractivity contribution is 6.46. The lowest BCUT2D eigenvalue weighted by molar-refractivity contribution is -0.141. The summed E-state index contributed by atoms with van der Waals surface area (Å²) in [6, 6.07) is 9.74. The van der Waals surface area contributed by atoms with E-state index in [2.05, 4.69) is 0 Å². The van der Waals surface area contributed by atoms with Crippen LogP contribution in [0.25, 0.3) is 5.76 Å². The standard InChI is InChI=1S/C25H26FNO5/c1-31-18-13-8-14-19(32-2)20(18)23(28)21-22(16-11-6-7-12-17(16)26)27(25(30)24(21)29)15-9-4-3-5-10-15/h6-8,11-15,22,28H,3-5,9-10H2,1-2H3/b23-21+. The molecule has 2 aliphatic rings. The van der Waals surface area contributed by atoms with E-state index in [-0.39, 0.29) is 34.2 Å². The van der Waals surface area contributed by atoms with Gasteiger partial charge in [-0.25, -0.2) is 4.39 Å². The molecule has 1 unspecified atom stereocenters. The Morgan fingerprint density at radius 2 is 1.59 bits per heavy atom. The van der Waals surface area contributed by atoms with E-state index in [9.17, 15) is 19.1 Å². The number of Topliss-reactive ketones (excluding diaryl/α,β-unsaturated/α-hetero) is 1. The molecule has 0 bridgehead atoms. The van der Waals surface area contributed by atoms with Crippen molar-refractivity contribution in [3.63, 3.8) is 0 Å². The number of ether oxygens (including phenoxy) is 2.